The molecule has 1 nitrogen and oxygen atoms in total. The predicted molar refractivity (Wildman–Crippen MR) is 56.0 cm³/mol. The molecule has 12 heavy (non-hydrogen) atoms. The second-order valence-electron chi connectivity index (χ2n) is 3.22. The van der Waals surface area contributed by atoms with Gasteiger partial charge in [-0.1, -0.05) is 12.1 Å². The third-order valence-electron chi connectivity index (χ3n) is 1.78. The lowest BCUT2D eigenvalue weighted by atomic mass is 10.1. The molecule has 1 rings (SSSR count). The Morgan fingerprint density at radius 2 is 1.75 bits per heavy atom. The molecule has 0 aliphatic rings. The highest BCUT2D eigenvalue weighted by atomic mass is 32.1. The van der Waals surface area contributed by atoms with Crippen molar-refractivity contribution < 1.29 is 0 Å². The Bertz CT molecular complexity index is 228. The molecule has 0 bridgehead atoms. The zero-order valence-corrected chi connectivity index (χ0v) is 8.51. The lowest BCUT2D eigenvalue weighted by molar-refractivity contribution is 0.413. The first kappa shape index (κ1) is 9.62. The number of benzene rings is 1. The molecule has 0 fully saturated rings. The van der Waals surface area contributed by atoms with E-state index >= 15 is 0 Å². The van der Waals surface area contributed by atoms with Crippen molar-refractivity contribution in [1.29, 1.82) is 0 Å². The maximum atomic E-state index is 4.23. The fraction of sp³-hybridized carbons (Fsp3) is 0.400. The predicted octanol–water partition coefficient (Wildman–Crippen LogP) is 2.08. The average Bonchev–Trinajstić information content (AvgIpc) is 2.03. The van der Waals surface area contributed by atoms with Gasteiger partial charge >= 0.3 is 0 Å². The normalized spacial score (nSPS) is 10.7. The van der Waals surface area contributed by atoms with Crippen molar-refractivity contribution in [1.82, 2.24) is 4.90 Å². The third-order valence-corrected chi connectivity index (χ3v) is 2.08. The summed E-state index contributed by atoms with van der Waals surface area (Å²) in [6.07, 6.45) is 1.11. The highest BCUT2D eigenvalue weighted by Crippen LogP contribution is 2.08. The van der Waals surface area contributed by atoms with E-state index in [4.69, 9.17) is 0 Å². The van der Waals surface area contributed by atoms with E-state index in [0.29, 0.717) is 0 Å². The molecule has 0 saturated heterocycles. The van der Waals surface area contributed by atoms with Crippen molar-refractivity contribution in [2.45, 2.75) is 11.3 Å². The fourth-order valence-corrected chi connectivity index (χ4v) is 1.16. The third kappa shape index (κ3) is 3.28. The van der Waals surface area contributed by atoms with Gasteiger partial charge < -0.3 is 4.90 Å². The molecule has 0 radical (unpaired) electrons. The van der Waals surface area contributed by atoms with Gasteiger partial charge in [-0.05, 0) is 38.2 Å². The van der Waals surface area contributed by atoms with Gasteiger partial charge in [0.05, 0.1) is 0 Å². The number of hydrogen-bond acceptors (Lipinski definition) is 2. The Labute approximate surface area is 79.8 Å². The Kier molecular flexibility index (Phi) is 3.63. The van der Waals surface area contributed by atoms with Gasteiger partial charge in [0.1, 0.15) is 0 Å². The van der Waals surface area contributed by atoms with Crippen molar-refractivity contribution in [3.05, 3.63) is 29.8 Å². The maximum Gasteiger partial charge on any atom is 0.00401 e. The molecule has 0 aliphatic heterocycles. The molecule has 0 N–H and O–H groups in total. The number of nitrogens with zero attached hydrogens (tertiary/aromatic N) is 1. The summed E-state index contributed by atoms with van der Waals surface area (Å²) < 4.78 is 0. The highest BCUT2D eigenvalue weighted by molar-refractivity contribution is 7.80. The van der Waals surface area contributed by atoms with Crippen molar-refractivity contribution >= 4 is 12.6 Å². The maximum absolute atomic E-state index is 4.23. The van der Waals surface area contributed by atoms with Gasteiger partial charge in [-0.2, -0.15) is 0 Å². The number of likely N-dealkylation sites (N-methyl/N-ethyl adjacent to an activating group) is 1. The second-order valence-corrected chi connectivity index (χ2v) is 3.74. The molecule has 0 atom stereocenters. The van der Waals surface area contributed by atoms with Gasteiger partial charge in [0, 0.05) is 11.4 Å². The van der Waals surface area contributed by atoms with Gasteiger partial charge in [0.2, 0.25) is 0 Å². The largest absolute Gasteiger partial charge is 0.309 e. The molecule has 0 heterocycles. The minimum Gasteiger partial charge on any atom is -0.309 e. The summed E-state index contributed by atoms with van der Waals surface area (Å²) in [5, 5.41) is 0. The van der Waals surface area contributed by atoms with Crippen LogP contribution >= 0.6 is 12.6 Å². The van der Waals surface area contributed by atoms with Crippen molar-refractivity contribution in [3.8, 4) is 0 Å². The molecule has 0 aliphatic carbocycles. The molecule has 1 aromatic carbocycles. The lowest BCUT2D eigenvalue weighted by Gasteiger charge is -2.08. The molecule has 0 unspecified atom stereocenters. The van der Waals surface area contributed by atoms with Crippen molar-refractivity contribution in [3.63, 3.8) is 0 Å². The zero-order chi connectivity index (χ0) is 8.97. The van der Waals surface area contributed by atoms with Crippen LogP contribution in [0.5, 0.6) is 0 Å². The van der Waals surface area contributed by atoms with Crippen LogP contribution in [0.1, 0.15) is 5.56 Å². The first-order chi connectivity index (χ1) is 5.68. The van der Waals surface area contributed by atoms with Crippen LogP contribution in [-0.2, 0) is 6.42 Å². The molecule has 0 aromatic heterocycles. The highest BCUT2D eigenvalue weighted by Gasteiger charge is 1.93. The first-order valence-corrected chi connectivity index (χ1v) is 4.56. The Morgan fingerprint density at radius 1 is 1.17 bits per heavy atom. The molecule has 1 aromatic rings. The molecular formula is C10H15NS. The van der Waals surface area contributed by atoms with Crippen LogP contribution in [0, 0.1) is 0 Å². The summed E-state index contributed by atoms with van der Waals surface area (Å²) in [5.41, 5.74) is 1.38. The van der Waals surface area contributed by atoms with E-state index < -0.39 is 0 Å². The molecule has 0 amide bonds. The summed E-state index contributed by atoms with van der Waals surface area (Å²) in [4.78, 5) is 3.22. The van der Waals surface area contributed by atoms with E-state index in [0.717, 1.165) is 17.9 Å². The summed E-state index contributed by atoms with van der Waals surface area (Å²) in [6, 6.07) is 8.33. The van der Waals surface area contributed by atoms with Crippen LogP contribution in [0.3, 0.4) is 0 Å². The minimum absolute atomic E-state index is 1.03. The number of thiol groups is 1. The standard InChI is InChI=1S/C10H15NS/c1-11(2)8-7-9-3-5-10(12)6-4-9/h3-6,12H,7-8H2,1-2H3. The molecular weight excluding hydrogens is 166 g/mol. The molecule has 2 heteroatoms. The van der Waals surface area contributed by atoms with Crippen LogP contribution in [0.4, 0.5) is 0 Å². The van der Waals surface area contributed by atoms with E-state index in [-0.39, 0.29) is 0 Å². The van der Waals surface area contributed by atoms with Crippen LogP contribution < -0.4 is 0 Å². The number of hydrogen-bond donors (Lipinski definition) is 1. The van der Waals surface area contributed by atoms with E-state index in [1.807, 2.05) is 12.1 Å². The van der Waals surface area contributed by atoms with Crippen LogP contribution in [0.2, 0.25) is 0 Å². The van der Waals surface area contributed by atoms with Gasteiger partial charge in [0.25, 0.3) is 0 Å². The summed E-state index contributed by atoms with van der Waals surface area (Å²) in [6.45, 7) is 1.10. The Balaban J connectivity index is 2.48. The summed E-state index contributed by atoms with van der Waals surface area (Å²) in [7, 11) is 4.18. The van der Waals surface area contributed by atoms with Gasteiger partial charge in [0.15, 0.2) is 0 Å². The quantitative estimate of drug-likeness (QED) is 0.699. The van der Waals surface area contributed by atoms with Crippen LogP contribution in [-0.4, -0.2) is 25.5 Å². The smallest absolute Gasteiger partial charge is 0.00401 e. The van der Waals surface area contributed by atoms with Gasteiger partial charge in [-0.15, -0.1) is 12.6 Å². The zero-order valence-electron chi connectivity index (χ0n) is 7.62. The number of rotatable bonds is 3. The van der Waals surface area contributed by atoms with E-state index in [2.05, 4.69) is 43.8 Å². The molecule has 66 valence electrons. The molecule has 0 spiro atoms. The van der Waals surface area contributed by atoms with E-state index in [1.165, 1.54) is 5.56 Å². The van der Waals surface area contributed by atoms with Crippen LogP contribution in [0.25, 0.3) is 0 Å². The second kappa shape index (κ2) is 4.53. The monoisotopic (exact) mass is 181 g/mol. The SMILES string of the molecule is CN(C)CCc1ccc(S)cc1. The van der Waals surface area contributed by atoms with Crippen molar-refractivity contribution in [2.24, 2.45) is 0 Å². The molecule has 0 saturated carbocycles. The van der Waals surface area contributed by atoms with E-state index in [9.17, 15) is 0 Å². The summed E-state index contributed by atoms with van der Waals surface area (Å²) in [5.74, 6) is 0. The average molecular weight is 181 g/mol. The fourth-order valence-electron chi connectivity index (χ4n) is 1.02. The Morgan fingerprint density at radius 3 is 2.25 bits per heavy atom. The minimum atomic E-state index is 1.03. The van der Waals surface area contributed by atoms with Crippen molar-refractivity contribution in [2.75, 3.05) is 20.6 Å². The topological polar surface area (TPSA) is 3.24 Å². The summed E-state index contributed by atoms with van der Waals surface area (Å²) >= 11 is 4.23. The van der Waals surface area contributed by atoms with E-state index in [1.54, 1.807) is 0 Å². The lowest BCUT2D eigenvalue weighted by Crippen LogP contribution is -2.14. The van der Waals surface area contributed by atoms with Gasteiger partial charge in [-0.3, -0.25) is 0 Å². The van der Waals surface area contributed by atoms with Crippen LogP contribution in [0.15, 0.2) is 29.2 Å². The Hall–Kier alpha value is -0.470. The first-order valence-electron chi connectivity index (χ1n) is 4.11. The van der Waals surface area contributed by atoms with Gasteiger partial charge in [-0.25, -0.2) is 0 Å².